The van der Waals surface area contributed by atoms with Gasteiger partial charge in [0.1, 0.15) is 12.2 Å². The Labute approximate surface area is 188 Å². The number of amides is 3. The molecule has 3 amide bonds. The molecule has 1 N–H and O–H groups in total. The van der Waals surface area contributed by atoms with Crippen LogP contribution in [0.2, 0.25) is 0 Å². The minimum absolute atomic E-state index is 0.0273. The van der Waals surface area contributed by atoms with Crippen molar-refractivity contribution in [1.29, 1.82) is 0 Å². The summed E-state index contributed by atoms with van der Waals surface area (Å²) in [6.07, 6.45) is 0.943. The van der Waals surface area contributed by atoms with Crippen LogP contribution in [0.25, 0.3) is 0 Å². The van der Waals surface area contributed by atoms with Crippen LogP contribution in [0.15, 0.2) is 23.3 Å². The van der Waals surface area contributed by atoms with Gasteiger partial charge in [0.05, 0.1) is 27.7 Å². The zero-order valence-corrected chi connectivity index (χ0v) is 18.2. The number of imide groups is 1. The quantitative estimate of drug-likeness (QED) is 0.348. The van der Waals surface area contributed by atoms with Crippen LogP contribution >= 0.6 is 0 Å². The maximum absolute atomic E-state index is 12.9. The Morgan fingerprint density at radius 1 is 1.15 bits per heavy atom. The molecule has 33 heavy (non-hydrogen) atoms. The van der Waals surface area contributed by atoms with Crippen molar-refractivity contribution in [1.82, 2.24) is 9.80 Å². The van der Waals surface area contributed by atoms with Gasteiger partial charge in [-0.1, -0.05) is 0 Å². The second kappa shape index (κ2) is 9.71. The van der Waals surface area contributed by atoms with Crippen molar-refractivity contribution < 1.29 is 24.2 Å². The van der Waals surface area contributed by atoms with E-state index in [1.807, 2.05) is 13.8 Å². The van der Waals surface area contributed by atoms with Gasteiger partial charge in [-0.2, -0.15) is 5.10 Å². The summed E-state index contributed by atoms with van der Waals surface area (Å²) in [5.74, 6) is -2.22. The Morgan fingerprint density at radius 3 is 2.42 bits per heavy atom. The number of anilines is 1. The summed E-state index contributed by atoms with van der Waals surface area (Å²) in [7, 11) is 0. The monoisotopic (exact) mass is 460 g/mol. The number of rotatable bonds is 8. The standard InChI is InChI=1S/C20H24N6O7/c1-3-23(4-2)18(27)11-24-19(28)14-7-5-12(9-15(14)20(24)29)21-22-16-8-6-13(25(30)31)10-17(16)26(32)33/h6,8,10,14-15,22H,3-5,7,9,11H2,1-2H3/b21-12+/t14-,15+/m1/s1. The molecule has 2 fully saturated rings. The number of nitrogens with one attached hydrogen (secondary N) is 1. The predicted molar refractivity (Wildman–Crippen MR) is 116 cm³/mol. The van der Waals surface area contributed by atoms with Crippen LogP contribution in [0.1, 0.15) is 33.1 Å². The molecule has 1 aromatic rings. The first kappa shape index (κ1) is 23.8. The molecule has 1 aromatic carbocycles. The number of benzene rings is 1. The van der Waals surface area contributed by atoms with E-state index in [1.165, 1.54) is 6.07 Å². The van der Waals surface area contributed by atoms with Gasteiger partial charge in [0.2, 0.25) is 17.7 Å². The van der Waals surface area contributed by atoms with Crippen LogP contribution in [0.5, 0.6) is 0 Å². The molecule has 176 valence electrons. The maximum atomic E-state index is 12.9. The topological polar surface area (TPSA) is 168 Å². The normalized spacial score (nSPS) is 21.2. The minimum atomic E-state index is -0.754. The number of likely N-dealkylation sites (N-methyl/N-ethyl adjacent to an activating group) is 1. The molecule has 3 rings (SSSR count). The fourth-order valence-corrected chi connectivity index (χ4v) is 4.17. The molecule has 2 aliphatic rings. The molecule has 0 aromatic heterocycles. The summed E-state index contributed by atoms with van der Waals surface area (Å²) in [4.78, 5) is 61.2. The molecular weight excluding hydrogens is 436 g/mol. The molecule has 1 aliphatic carbocycles. The van der Waals surface area contributed by atoms with Gasteiger partial charge in [0.15, 0.2) is 0 Å². The zero-order valence-electron chi connectivity index (χ0n) is 18.2. The van der Waals surface area contributed by atoms with E-state index in [4.69, 9.17) is 0 Å². The molecule has 0 unspecified atom stereocenters. The lowest BCUT2D eigenvalue weighted by atomic mass is 9.80. The van der Waals surface area contributed by atoms with Crippen LogP contribution in [-0.4, -0.2) is 62.7 Å². The molecule has 0 bridgehead atoms. The predicted octanol–water partition coefficient (Wildman–Crippen LogP) is 1.92. The molecule has 1 saturated heterocycles. The van der Waals surface area contributed by atoms with Crippen molar-refractivity contribution in [3.8, 4) is 0 Å². The van der Waals surface area contributed by atoms with Crippen molar-refractivity contribution >= 4 is 40.5 Å². The minimum Gasteiger partial charge on any atom is -0.342 e. The third kappa shape index (κ3) is 4.81. The smallest absolute Gasteiger partial charge is 0.301 e. The van der Waals surface area contributed by atoms with E-state index in [0.717, 1.165) is 17.0 Å². The van der Waals surface area contributed by atoms with Crippen LogP contribution < -0.4 is 5.43 Å². The van der Waals surface area contributed by atoms with E-state index in [9.17, 15) is 34.6 Å². The summed E-state index contributed by atoms with van der Waals surface area (Å²) in [5.41, 5.74) is 2.15. The number of nitrogens with zero attached hydrogens (tertiary/aromatic N) is 5. The average Bonchev–Trinajstić information content (AvgIpc) is 3.02. The van der Waals surface area contributed by atoms with Crippen LogP contribution in [-0.2, 0) is 14.4 Å². The van der Waals surface area contributed by atoms with Crippen LogP contribution in [0, 0.1) is 32.1 Å². The number of carbonyl (C=O) groups is 3. The van der Waals surface area contributed by atoms with E-state index < -0.39 is 39.0 Å². The Hall–Kier alpha value is -3.90. The van der Waals surface area contributed by atoms with Gasteiger partial charge in [0, 0.05) is 24.9 Å². The molecule has 0 spiro atoms. The Morgan fingerprint density at radius 2 is 1.82 bits per heavy atom. The summed E-state index contributed by atoms with van der Waals surface area (Å²) in [5, 5.41) is 26.3. The number of non-ortho nitro benzene ring substituents is 1. The first-order valence-electron chi connectivity index (χ1n) is 10.5. The van der Waals surface area contributed by atoms with Gasteiger partial charge < -0.3 is 4.90 Å². The lowest BCUT2D eigenvalue weighted by Crippen LogP contribution is -2.43. The van der Waals surface area contributed by atoms with Gasteiger partial charge in [-0.05, 0) is 39.2 Å². The zero-order chi connectivity index (χ0) is 24.3. The second-order valence-corrected chi connectivity index (χ2v) is 7.79. The van der Waals surface area contributed by atoms with Gasteiger partial charge in [0.25, 0.3) is 5.69 Å². The van der Waals surface area contributed by atoms with Gasteiger partial charge in [-0.3, -0.25) is 44.9 Å². The molecule has 13 heteroatoms. The number of nitro benzene ring substituents is 2. The summed E-state index contributed by atoms with van der Waals surface area (Å²) < 4.78 is 0. The summed E-state index contributed by atoms with van der Waals surface area (Å²) >= 11 is 0. The average molecular weight is 460 g/mol. The van der Waals surface area contributed by atoms with Crippen molar-refractivity contribution in [3.63, 3.8) is 0 Å². The first-order chi connectivity index (χ1) is 15.7. The van der Waals surface area contributed by atoms with Crippen molar-refractivity contribution in [3.05, 3.63) is 38.4 Å². The van der Waals surface area contributed by atoms with Crippen molar-refractivity contribution in [2.75, 3.05) is 25.1 Å². The number of hydrogen-bond acceptors (Lipinski definition) is 9. The molecule has 0 radical (unpaired) electrons. The van der Waals surface area contributed by atoms with Gasteiger partial charge >= 0.3 is 5.69 Å². The SMILES string of the molecule is CCN(CC)C(=O)CN1C(=O)[C@H]2C/C(=N/Nc3ccc([N+](=O)[O-])cc3[N+](=O)[O-])CC[C@H]2C1=O. The van der Waals surface area contributed by atoms with E-state index in [-0.39, 0.29) is 30.5 Å². The highest BCUT2D eigenvalue weighted by Gasteiger charge is 2.50. The molecule has 2 atom stereocenters. The Bertz CT molecular complexity index is 1040. The molecule has 13 nitrogen and oxygen atoms in total. The van der Waals surface area contributed by atoms with E-state index >= 15 is 0 Å². The number of carbonyl (C=O) groups excluding carboxylic acids is 3. The third-order valence-electron chi connectivity index (χ3n) is 5.98. The fourth-order valence-electron chi connectivity index (χ4n) is 4.17. The highest BCUT2D eigenvalue weighted by molar-refractivity contribution is 6.09. The molecule has 1 saturated carbocycles. The number of likely N-dealkylation sites (tertiary alicyclic amines) is 1. The lowest BCUT2D eigenvalue weighted by Gasteiger charge is -2.22. The highest BCUT2D eigenvalue weighted by Crippen LogP contribution is 2.37. The number of hydrogen-bond donors (Lipinski definition) is 1. The molecule has 1 heterocycles. The number of hydrazone groups is 1. The Kier molecular flexibility index (Phi) is 6.99. The third-order valence-corrected chi connectivity index (χ3v) is 5.98. The fraction of sp³-hybridized carbons (Fsp3) is 0.500. The first-order valence-corrected chi connectivity index (χ1v) is 10.5. The van der Waals surface area contributed by atoms with Crippen molar-refractivity contribution in [2.24, 2.45) is 16.9 Å². The van der Waals surface area contributed by atoms with Crippen molar-refractivity contribution in [2.45, 2.75) is 33.1 Å². The number of fused-ring (bicyclic) bond motifs is 1. The lowest BCUT2D eigenvalue weighted by molar-refractivity contribution is -0.393. The van der Waals surface area contributed by atoms with Gasteiger partial charge in [-0.25, -0.2) is 0 Å². The van der Waals surface area contributed by atoms with Crippen LogP contribution in [0.3, 0.4) is 0 Å². The highest BCUT2D eigenvalue weighted by atomic mass is 16.6. The summed E-state index contributed by atoms with van der Waals surface area (Å²) in [6, 6.07) is 3.15. The van der Waals surface area contributed by atoms with Gasteiger partial charge in [-0.15, -0.1) is 0 Å². The Balaban J connectivity index is 1.72. The molecule has 1 aliphatic heterocycles. The van der Waals surface area contributed by atoms with E-state index in [0.29, 0.717) is 31.6 Å². The largest absolute Gasteiger partial charge is 0.342 e. The maximum Gasteiger partial charge on any atom is 0.301 e. The van der Waals surface area contributed by atoms with Crippen LogP contribution in [0.4, 0.5) is 17.1 Å². The van der Waals surface area contributed by atoms with E-state index in [2.05, 4.69) is 10.5 Å². The summed E-state index contributed by atoms with van der Waals surface area (Å²) in [6.45, 7) is 4.32. The second-order valence-electron chi connectivity index (χ2n) is 7.79. The van der Waals surface area contributed by atoms with E-state index in [1.54, 1.807) is 4.90 Å². The molecular formula is C20H24N6O7. The number of nitro groups is 2.